The van der Waals surface area contributed by atoms with Gasteiger partial charge in [0.15, 0.2) is 0 Å². The van der Waals surface area contributed by atoms with Gasteiger partial charge in [-0.1, -0.05) is 6.07 Å². The summed E-state index contributed by atoms with van der Waals surface area (Å²) >= 11 is 3.31. The molecule has 0 aliphatic heterocycles. The van der Waals surface area contributed by atoms with Crippen LogP contribution in [0.4, 0.5) is 0 Å². The van der Waals surface area contributed by atoms with E-state index in [1.165, 1.54) is 4.90 Å². The summed E-state index contributed by atoms with van der Waals surface area (Å²) in [5.74, 6) is 0.0213. The summed E-state index contributed by atoms with van der Waals surface area (Å²) in [6, 6.07) is 5.66. The maximum absolute atomic E-state index is 8.59. The number of benzene rings is 1. The molecule has 1 rings (SSSR count). The zero-order valence-electron chi connectivity index (χ0n) is 8.00. The second-order valence-corrected chi connectivity index (χ2v) is 4.25. The van der Waals surface area contributed by atoms with Gasteiger partial charge >= 0.3 is 0 Å². The lowest BCUT2D eigenvalue weighted by Gasteiger charge is -2.07. The largest absolute Gasteiger partial charge is 0.290 e. The van der Waals surface area contributed by atoms with Crippen LogP contribution in [0.3, 0.4) is 0 Å². The highest BCUT2D eigenvalue weighted by molar-refractivity contribution is 8.01. The van der Waals surface area contributed by atoms with Crippen LogP contribution in [0.1, 0.15) is 5.56 Å². The van der Waals surface area contributed by atoms with E-state index in [9.17, 15) is 0 Å². The summed E-state index contributed by atoms with van der Waals surface area (Å²) in [6.07, 6.45) is 4.01. The third-order valence-electron chi connectivity index (χ3n) is 1.78. The number of amidine groups is 1. The van der Waals surface area contributed by atoms with Gasteiger partial charge in [-0.25, -0.2) is 0 Å². The summed E-state index contributed by atoms with van der Waals surface area (Å²) in [7, 11) is 0. The summed E-state index contributed by atoms with van der Waals surface area (Å²) in [4.78, 5) is 2.31. The second kappa shape index (κ2) is 5.29. The third-order valence-corrected chi connectivity index (χ3v) is 3.49. The Hall–Kier alpha value is -0.650. The zero-order chi connectivity index (χ0) is 10.6. The Labute approximate surface area is 91.8 Å². The molecule has 0 unspecified atom stereocenters. The van der Waals surface area contributed by atoms with Crippen LogP contribution in [0.15, 0.2) is 28.0 Å². The van der Waals surface area contributed by atoms with E-state index < -0.39 is 0 Å². The normalized spacial score (nSPS) is 9.93. The van der Waals surface area contributed by atoms with E-state index in [-0.39, 0.29) is 5.84 Å². The minimum absolute atomic E-state index is 0.0213. The van der Waals surface area contributed by atoms with Crippen molar-refractivity contribution in [2.24, 2.45) is 0 Å². The molecule has 76 valence electrons. The van der Waals surface area contributed by atoms with Crippen molar-refractivity contribution in [1.82, 2.24) is 5.48 Å². The molecule has 0 aliphatic rings. The maximum atomic E-state index is 8.59. The molecule has 5 heteroatoms. The van der Waals surface area contributed by atoms with Gasteiger partial charge in [0.2, 0.25) is 0 Å². The molecule has 0 aromatic heterocycles. The lowest BCUT2D eigenvalue weighted by atomic mass is 10.2. The topological polar surface area (TPSA) is 56.1 Å². The standard InChI is InChI=1S/C9H12N2OS2/c1-13-7-4-3-6(9(10)11-12)5-8(7)14-2/h3-5,12H,1-2H3,(H2,10,11). The predicted octanol–water partition coefficient (Wildman–Crippen LogP) is 2.43. The van der Waals surface area contributed by atoms with Gasteiger partial charge < -0.3 is 0 Å². The van der Waals surface area contributed by atoms with Gasteiger partial charge in [-0.3, -0.25) is 16.1 Å². The predicted molar refractivity (Wildman–Crippen MR) is 61.8 cm³/mol. The average molecular weight is 228 g/mol. The van der Waals surface area contributed by atoms with Crippen molar-refractivity contribution >= 4 is 29.4 Å². The van der Waals surface area contributed by atoms with Crippen molar-refractivity contribution in [3.63, 3.8) is 0 Å². The van der Waals surface area contributed by atoms with Crippen LogP contribution >= 0.6 is 23.5 Å². The minimum Gasteiger partial charge on any atom is -0.290 e. The molecule has 0 heterocycles. The molecular weight excluding hydrogens is 216 g/mol. The highest BCUT2D eigenvalue weighted by atomic mass is 32.2. The first kappa shape index (κ1) is 11.4. The summed E-state index contributed by atoms with van der Waals surface area (Å²) in [5.41, 5.74) is 2.53. The van der Waals surface area contributed by atoms with Gasteiger partial charge in [0.05, 0.1) is 0 Å². The molecule has 3 N–H and O–H groups in total. The van der Waals surface area contributed by atoms with Crippen molar-refractivity contribution < 1.29 is 5.21 Å². The van der Waals surface area contributed by atoms with Crippen LogP contribution in [-0.2, 0) is 0 Å². The number of nitrogens with one attached hydrogen (secondary N) is 2. The van der Waals surface area contributed by atoms with Gasteiger partial charge in [0, 0.05) is 15.4 Å². The van der Waals surface area contributed by atoms with Crippen molar-refractivity contribution in [3.05, 3.63) is 23.8 Å². The molecule has 0 bridgehead atoms. The molecule has 0 spiro atoms. The fraction of sp³-hybridized carbons (Fsp3) is 0.222. The van der Waals surface area contributed by atoms with Crippen molar-refractivity contribution in [3.8, 4) is 0 Å². The van der Waals surface area contributed by atoms with E-state index in [0.717, 1.165) is 4.90 Å². The van der Waals surface area contributed by atoms with E-state index >= 15 is 0 Å². The van der Waals surface area contributed by atoms with Gasteiger partial charge in [0.25, 0.3) is 0 Å². The molecule has 3 nitrogen and oxygen atoms in total. The van der Waals surface area contributed by atoms with E-state index in [2.05, 4.69) is 0 Å². The van der Waals surface area contributed by atoms with Crippen molar-refractivity contribution in [1.29, 1.82) is 5.41 Å². The fourth-order valence-corrected chi connectivity index (χ4v) is 2.53. The molecule has 1 aromatic carbocycles. The molecule has 0 amide bonds. The van der Waals surface area contributed by atoms with Gasteiger partial charge in [-0.15, -0.1) is 23.5 Å². The van der Waals surface area contributed by atoms with Gasteiger partial charge in [-0.05, 0) is 24.6 Å². The second-order valence-electron chi connectivity index (χ2n) is 2.56. The molecule has 0 atom stereocenters. The highest BCUT2D eigenvalue weighted by Gasteiger charge is 2.05. The summed E-state index contributed by atoms with van der Waals surface area (Å²) in [5, 5.41) is 16.0. The first-order chi connectivity index (χ1) is 6.72. The van der Waals surface area contributed by atoms with Gasteiger partial charge in [0.1, 0.15) is 5.84 Å². The zero-order valence-corrected chi connectivity index (χ0v) is 9.63. The Morgan fingerprint density at radius 2 is 1.93 bits per heavy atom. The molecule has 0 radical (unpaired) electrons. The first-order valence-corrected chi connectivity index (χ1v) is 6.39. The smallest absolute Gasteiger partial charge is 0.149 e. The first-order valence-electron chi connectivity index (χ1n) is 3.94. The Bertz CT molecular complexity index is 342. The molecule has 0 aliphatic carbocycles. The molecule has 0 saturated heterocycles. The number of rotatable bonds is 3. The van der Waals surface area contributed by atoms with Crippen LogP contribution in [0.25, 0.3) is 0 Å². The van der Waals surface area contributed by atoms with Gasteiger partial charge in [-0.2, -0.15) is 0 Å². The van der Waals surface area contributed by atoms with Crippen molar-refractivity contribution in [2.45, 2.75) is 9.79 Å². The molecule has 0 saturated carbocycles. The van der Waals surface area contributed by atoms with Crippen LogP contribution < -0.4 is 5.48 Å². The van der Waals surface area contributed by atoms with E-state index in [0.29, 0.717) is 5.56 Å². The van der Waals surface area contributed by atoms with E-state index in [4.69, 9.17) is 10.6 Å². The lowest BCUT2D eigenvalue weighted by Crippen LogP contribution is -2.18. The lowest BCUT2D eigenvalue weighted by molar-refractivity contribution is 0.234. The maximum Gasteiger partial charge on any atom is 0.149 e. The van der Waals surface area contributed by atoms with E-state index in [1.54, 1.807) is 23.5 Å². The Balaban J connectivity index is 3.07. The van der Waals surface area contributed by atoms with Crippen LogP contribution in [0.5, 0.6) is 0 Å². The minimum atomic E-state index is 0.0213. The third kappa shape index (κ3) is 2.43. The van der Waals surface area contributed by atoms with Crippen LogP contribution in [-0.4, -0.2) is 23.6 Å². The Morgan fingerprint density at radius 3 is 2.43 bits per heavy atom. The molecule has 0 fully saturated rings. The number of hydrogen-bond acceptors (Lipinski definition) is 4. The Kier molecular flexibility index (Phi) is 4.31. The Morgan fingerprint density at radius 1 is 1.29 bits per heavy atom. The quantitative estimate of drug-likeness (QED) is 0.322. The summed E-state index contributed by atoms with van der Waals surface area (Å²) in [6.45, 7) is 0. The van der Waals surface area contributed by atoms with Crippen LogP contribution in [0, 0.1) is 5.41 Å². The van der Waals surface area contributed by atoms with Crippen molar-refractivity contribution in [2.75, 3.05) is 12.5 Å². The fourth-order valence-electron chi connectivity index (χ4n) is 1.06. The highest BCUT2D eigenvalue weighted by Crippen LogP contribution is 2.28. The van der Waals surface area contributed by atoms with E-state index in [1.807, 2.05) is 36.2 Å². The SMILES string of the molecule is CSc1ccc(C(=N)NO)cc1SC. The average Bonchev–Trinajstić information content (AvgIpc) is 2.26. The number of thioether (sulfide) groups is 2. The van der Waals surface area contributed by atoms with Crippen LogP contribution in [0.2, 0.25) is 0 Å². The number of hydroxylamine groups is 1. The monoisotopic (exact) mass is 228 g/mol. The molecular formula is C9H12N2OS2. The molecule has 14 heavy (non-hydrogen) atoms. The molecule has 1 aromatic rings. The summed E-state index contributed by atoms with van der Waals surface area (Å²) < 4.78 is 0. The number of hydrogen-bond donors (Lipinski definition) is 3.